The lowest BCUT2D eigenvalue weighted by Crippen LogP contribution is -2.11. The zero-order valence-electron chi connectivity index (χ0n) is 11.1. The summed E-state index contributed by atoms with van der Waals surface area (Å²) in [6.45, 7) is 1.87. The molecule has 1 aromatic heterocycles. The zero-order valence-corrected chi connectivity index (χ0v) is 11.1. The topological polar surface area (TPSA) is 109 Å². The third-order valence-electron chi connectivity index (χ3n) is 2.78. The fourth-order valence-electron chi connectivity index (χ4n) is 1.81. The van der Waals surface area contributed by atoms with E-state index in [1.54, 1.807) is 6.07 Å². The third kappa shape index (κ3) is 2.46. The summed E-state index contributed by atoms with van der Waals surface area (Å²) in [5, 5.41) is 12.3. The van der Waals surface area contributed by atoms with Crippen molar-refractivity contribution in [2.45, 2.75) is 6.92 Å². The normalized spacial score (nSPS) is 9.70. The van der Waals surface area contributed by atoms with Crippen LogP contribution in [0.15, 0.2) is 24.5 Å². The van der Waals surface area contributed by atoms with Gasteiger partial charge in [0.1, 0.15) is 12.4 Å². The fourth-order valence-corrected chi connectivity index (χ4v) is 1.81. The van der Waals surface area contributed by atoms with Gasteiger partial charge in [-0.3, -0.25) is 0 Å². The molecule has 0 spiro atoms. The number of hydrogen-bond acceptors (Lipinski definition) is 7. The highest BCUT2D eigenvalue weighted by molar-refractivity contribution is 5.73. The Morgan fingerprint density at radius 1 is 1.30 bits per heavy atom. The number of rotatable bonds is 4. The highest BCUT2D eigenvalue weighted by Gasteiger charge is 2.13. The van der Waals surface area contributed by atoms with Gasteiger partial charge in [-0.15, -0.1) is 0 Å². The van der Waals surface area contributed by atoms with Gasteiger partial charge in [-0.1, -0.05) is 12.1 Å². The molecule has 0 saturated heterocycles. The van der Waals surface area contributed by atoms with Crippen molar-refractivity contribution in [1.82, 2.24) is 9.97 Å². The van der Waals surface area contributed by atoms with Gasteiger partial charge in [0, 0.05) is 0 Å². The molecule has 0 amide bonds. The molecule has 0 saturated carbocycles. The number of methoxy groups -OCH3 is 1. The minimum Gasteiger partial charge on any atom is -0.490 e. The highest BCUT2D eigenvalue weighted by Crippen LogP contribution is 2.31. The van der Waals surface area contributed by atoms with Gasteiger partial charge >= 0.3 is 0 Å². The fraction of sp³-hybridized carbons (Fsp3) is 0.154. The van der Waals surface area contributed by atoms with E-state index in [0.29, 0.717) is 28.6 Å². The molecule has 1 aromatic carbocycles. The molecule has 2 rings (SSSR count). The zero-order chi connectivity index (χ0) is 14.5. The first-order valence-corrected chi connectivity index (χ1v) is 5.83. The molecule has 1 heterocycles. The second-order valence-corrected chi connectivity index (χ2v) is 3.98. The quantitative estimate of drug-likeness (QED) is 0.573. The van der Waals surface area contributed by atoms with Gasteiger partial charge in [-0.25, -0.2) is 15.8 Å². The molecular formula is C13H14N6O. The van der Waals surface area contributed by atoms with Gasteiger partial charge in [0.15, 0.2) is 11.6 Å². The number of aromatic nitrogens is 2. The summed E-state index contributed by atoms with van der Waals surface area (Å²) in [7, 11) is 1.49. The van der Waals surface area contributed by atoms with Crippen LogP contribution in [0, 0.1) is 18.3 Å². The molecule has 0 aliphatic heterocycles. The molecule has 0 fully saturated rings. The summed E-state index contributed by atoms with van der Waals surface area (Å²) in [5.41, 5.74) is 4.51. The number of anilines is 3. The van der Waals surface area contributed by atoms with Crippen molar-refractivity contribution in [3.05, 3.63) is 35.7 Å². The molecule has 0 aliphatic rings. The summed E-state index contributed by atoms with van der Waals surface area (Å²) in [4.78, 5) is 8.06. The smallest absolute Gasteiger partial charge is 0.205 e. The van der Waals surface area contributed by atoms with Crippen LogP contribution in [0.4, 0.5) is 17.3 Å². The van der Waals surface area contributed by atoms with Crippen molar-refractivity contribution in [3.63, 3.8) is 0 Å². The number of nitrogens with one attached hydrogen (secondary N) is 2. The molecule has 2 aromatic rings. The first kappa shape index (κ1) is 13.6. The highest BCUT2D eigenvalue weighted by atomic mass is 16.5. The molecule has 20 heavy (non-hydrogen) atoms. The van der Waals surface area contributed by atoms with Crippen LogP contribution >= 0.6 is 0 Å². The lowest BCUT2D eigenvalue weighted by Gasteiger charge is -2.13. The number of ether oxygens (including phenoxy) is 1. The van der Waals surface area contributed by atoms with Gasteiger partial charge in [0.05, 0.1) is 18.4 Å². The summed E-state index contributed by atoms with van der Waals surface area (Å²) in [6, 6.07) is 7.68. The predicted octanol–water partition coefficient (Wildman–Crippen LogP) is 1.69. The Morgan fingerprint density at radius 2 is 2.05 bits per heavy atom. The van der Waals surface area contributed by atoms with E-state index >= 15 is 0 Å². The minimum absolute atomic E-state index is 0.358. The molecule has 0 atom stereocenters. The Morgan fingerprint density at radius 3 is 2.70 bits per heavy atom. The predicted molar refractivity (Wildman–Crippen MR) is 75.6 cm³/mol. The minimum atomic E-state index is 0.358. The summed E-state index contributed by atoms with van der Waals surface area (Å²) in [5.74, 6) is 6.53. The van der Waals surface area contributed by atoms with Crippen molar-refractivity contribution in [1.29, 1.82) is 5.26 Å². The van der Waals surface area contributed by atoms with Crippen LogP contribution in [-0.4, -0.2) is 17.1 Å². The number of hydrogen-bond donors (Lipinski definition) is 3. The first-order chi connectivity index (χ1) is 9.71. The number of nitrogen functional groups attached to an aromatic ring is 1. The SMILES string of the molecule is COc1c(NN)ncnc1Nc1cccc(C)c1C#N. The van der Waals surface area contributed by atoms with E-state index in [9.17, 15) is 5.26 Å². The third-order valence-corrected chi connectivity index (χ3v) is 2.78. The van der Waals surface area contributed by atoms with Gasteiger partial charge < -0.3 is 15.5 Å². The number of nitrogens with two attached hydrogens (primary N) is 1. The van der Waals surface area contributed by atoms with E-state index in [2.05, 4.69) is 26.8 Å². The van der Waals surface area contributed by atoms with Crippen molar-refractivity contribution in [3.8, 4) is 11.8 Å². The lowest BCUT2D eigenvalue weighted by molar-refractivity contribution is 0.415. The van der Waals surface area contributed by atoms with E-state index in [1.807, 2.05) is 19.1 Å². The van der Waals surface area contributed by atoms with E-state index in [-0.39, 0.29) is 0 Å². The van der Waals surface area contributed by atoms with Gasteiger partial charge in [0.25, 0.3) is 0 Å². The number of aryl methyl sites for hydroxylation is 1. The maximum absolute atomic E-state index is 9.22. The second kappa shape index (κ2) is 5.86. The van der Waals surface area contributed by atoms with Crippen LogP contribution in [0.3, 0.4) is 0 Å². The molecule has 0 unspecified atom stereocenters. The van der Waals surface area contributed by atoms with E-state index in [1.165, 1.54) is 13.4 Å². The van der Waals surface area contributed by atoms with E-state index in [0.717, 1.165) is 5.56 Å². The van der Waals surface area contributed by atoms with E-state index in [4.69, 9.17) is 10.6 Å². The van der Waals surface area contributed by atoms with Crippen LogP contribution in [0.2, 0.25) is 0 Å². The number of hydrazine groups is 1. The summed E-state index contributed by atoms with van der Waals surface area (Å²) < 4.78 is 5.23. The average molecular weight is 270 g/mol. The monoisotopic (exact) mass is 270 g/mol. The molecule has 7 heteroatoms. The van der Waals surface area contributed by atoms with Gasteiger partial charge in [-0.05, 0) is 18.6 Å². The lowest BCUT2D eigenvalue weighted by atomic mass is 10.1. The average Bonchev–Trinajstić information content (AvgIpc) is 2.47. The van der Waals surface area contributed by atoms with Crippen molar-refractivity contribution >= 4 is 17.3 Å². The Hall–Kier alpha value is -2.85. The maximum Gasteiger partial charge on any atom is 0.205 e. The van der Waals surface area contributed by atoms with E-state index < -0.39 is 0 Å². The molecule has 7 nitrogen and oxygen atoms in total. The summed E-state index contributed by atoms with van der Waals surface area (Å²) >= 11 is 0. The van der Waals surface area contributed by atoms with Crippen LogP contribution in [0.5, 0.6) is 5.75 Å². The standard InChI is InChI=1S/C13H14N6O/c1-8-4-3-5-10(9(8)6-14)18-12-11(20-2)13(19-15)17-7-16-12/h3-5,7H,15H2,1-2H3,(H2,16,17,18,19). The molecule has 0 bridgehead atoms. The number of nitriles is 1. The van der Waals surface area contributed by atoms with Gasteiger partial charge in [-0.2, -0.15) is 5.26 Å². The van der Waals surface area contributed by atoms with Crippen molar-refractivity contribution in [2.24, 2.45) is 5.84 Å². The van der Waals surface area contributed by atoms with Crippen LogP contribution in [-0.2, 0) is 0 Å². The Bertz CT molecular complexity index is 664. The molecule has 102 valence electrons. The van der Waals surface area contributed by atoms with Crippen LogP contribution in [0.1, 0.15) is 11.1 Å². The number of benzene rings is 1. The second-order valence-electron chi connectivity index (χ2n) is 3.98. The Balaban J connectivity index is 2.46. The van der Waals surface area contributed by atoms with Crippen molar-refractivity contribution in [2.75, 3.05) is 17.9 Å². The largest absolute Gasteiger partial charge is 0.490 e. The van der Waals surface area contributed by atoms with Crippen LogP contribution < -0.4 is 21.3 Å². The molecule has 4 N–H and O–H groups in total. The summed E-state index contributed by atoms with van der Waals surface area (Å²) in [6.07, 6.45) is 1.35. The molecule has 0 radical (unpaired) electrons. The first-order valence-electron chi connectivity index (χ1n) is 5.83. The Kier molecular flexibility index (Phi) is 3.98. The Labute approximate surface area is 116 Å². The molecule has 0 aliphatic carbocycles. The molecular weight excluding hydrogens is 256 g/mol. The van der Waals surface area contributed by atoms with Gasteiger partial charge in [0.2, 0.25) is 5.75 Å². The number of nitrogens with zero attached hydrogens (tertiary/aromatic N) is 3. The maximum atomic E-state index is 9.22. The van der Waals surface area contributed by atoms with Crippen molar-refractivity contribution < 1.29 is 4.74 Å². The van der Waals surface area contributed by atoms with Crippen LogP contribution in [0.25, 0.3) is 0 Å².